The van der Waals surface area contributed by atoms with E-state index in [-0.39, 0.29) is 5.97 Å². The van der Waals surface area contributed by atoms with E-state index in [1.807, 2.05) is 0 Å². The van der Waals surface area contributed by atoms with E-state index < -0.39 is 0 Å². The highest BCUT2D eigenvalue weighted by Gasteiger charge is 2.01. The second-order valence-electron chi connectivity index (χ2n) is 1.53. The Labute approximate surface area is 66.6 Å². The van der Waals surface area contributed by atoms with E-state index in [1.165, 1.54) is 13.1 Å². The van der Waals surface area contributed by atoms with Gasteiger partial charge in [-0.2, -0.15) is 0 Å². The molecule has 1 aromatic heterocycles. The maximum absolute atomic E-state index is 10.3. The second kappa shape index (κ2) is 2.98. The number of aromatic nitrogens is 1. The van der Waals surface area contributed by atoms with Gasteiger partial charge in [0.2, 0.25) is 5.06 Å². The predicted octanol–water partition coefficient (Wildman–Crippen LogP) is 1.72. The van der Waals surface area contributed by atoms with E-state index >= 15 is 0 Å². The van der Waals surface area contributed by atoms with E-state index in [1.54, 1.807) is 0 Å². The maximum Gasteiger partial charge on any atom is 0.308 e. The van der Waals surface area contributed by atoms with E-state index in [4.69, 9.17) is 11.6 Å². The van der Waals surface area contributed by atoms with Crippen LogP contribution < -0.4 is 4.74 Å². The third kappa shape index (κ3) is 1.97. The summed E-state index contributed by atoms with van der Waals surface area (Å²) < 4.78 is 5.04. The zero-order valence-electron chi connectivity index (χ0n) is 5.13. The molecular weight excluding hydrogens is 174 g/mol. The number of ether oxygens (including phenoxy) is 1. The molecule has 1 heterocycles. The normalized spacial score (nSPS) is 9.40. The highest BCUT2D eigenvalue weighted by Crippen LogP contribution is 2.24. The lowest BCUT2D eigenvalue weighted by atomic mass is 10.8. The van der Waals surface area contributed by atoms with Crippen LogP contribution in [0.2, 0.25) is 4.47 Å². The molecule has 1 aromatic rings. The lowest BCUT2D eigenvalue weighted by Gasteiger charge is -1.90. The molecule has 0 aliphatic rings. The number of thiazole rings is 1. The fraction of sp³-hybridized carbons (Fsp3) is 0.200. The predicted molar refractivity (Wildman–Crippen MR) is 38.4 cm³/mol. The van der Waals surface area contributed by atoms with E-state index in [0.29, 0.717) is 9.53 Å². The maximum atomic E-state index is 10.3. The number of carbonyl (C=O) groups is 1. The van der Waals surface area contributed by atoms with Gasteiger partial charge in [0.05, 0.1) is 6.20 Å². The number of hydrogen-bond acceptors (Lipinski definition) is 4. The van der Waals surface area contributed by atoms with Crippen LogP contribution in [0.25, 0.3) is 0 Å². The van der Waals surface area contributed by atoms with Crippen molar-refractivity contribution in [2.45, 2.75) is 6.92 Å². The van der Waals surface area contributed by atoms with Crippen molar-refractivity contribution in [2.24, 2.45) is 0 Å². The molecule has 5 heteroatoms. The summed E-state index contributed by atoms with van der Waals surface area (Å²) >= 11 is 6.59. The second-order valence-corrected chi connectivity index (χ2v) is 3.10. The first-order chi connectivity index (χ1) is 4.68. The lowest BCUT2D eigenvalue weighted by molar-refractivity contribution is -0.131. The van der Waals surface area contributed by atoms with E-state index in [2.05, 4.69) is 9.72 Å². The summed E-state index contributed by atoms with van der Waals surface area (Å²) in [6.07, 6.45) is 1.41. The molecule has 1 rings (SSSR count). The Morgan fingerprint density at radius 3 is 3.00 bits per heavy atom. The van der Waals surface area contributed by atoms with Crippen molar-refractivity contribution in [3.63, 3.8) is 0 Å². The summed E-state index contributed by atoms with van der Waals surface area (Å²) in [7, 11) is 0. The molecule has 0 saturated heterocycles. The summed E-state index contributed by atoms with van der Waals surface area (Å²) in [4.78, 5) is 14.0. The van der Waals surface area contributed by atoms with Crippen molar-refractivity contribution in [1.29, 1.82) is 0 Å². The molecule has 10 heavy (non-hydrogen) atoms. The van der Waals surface area contributed by atoms with Crippen LogP contribution in [0, 0.1) is 0 Å². The lowest BCUT2D eigenvalue weighted by Crippen LogP contribution is -1.98. The van der Waals surface area contributed by atoms with Crippen molar-refractivity contribution in [3.8, 4) is 5.06 Å². The van der Waals surface area contributed by atoms with Crippen LogP contribution in [0.3, 0.4) is 0 Å². The SMILES string of the molecule is CC(=O)Oc1cnc(Cl)s1. The number of carbonyl (C=O) groups excluding carboxylic acids is 1. The van der Waals surface area contributed by atoms with E-state index in [0.717, 1.165) is 11.3 Å². The zero-order chi connectivity index (χ0) is 7.56. The van der Waals surface area contributed by atoms with Gasteiger partial charge in [-0.3, -0.25) is 4.79 Å². The third-order valence-electron chi connectivity index (χ3n) is 0.701. The standard InChI is InChI=1S/C5H4ClNO2S/c1-3(8)9-4-2-7-5(6)10-4/h2H,1H3. The fourth-order valence-corrected chi connectivity index (χ4v) is 1.24. The van der Waals surface area contributed by atoms with Crippen LogP contribution in [0.15, 0.2) is 6.20 Å². The van der Waals surface area contributed by atoms with Crippen molar-refractivity contribution >= 4 is 28.9 Å². The molecule has 0 aliphatic heterocycles. The average Bonchev–Trinajstić information content (AvgIpc) is 2.13. The first-order valence-electron chi connectivity index (χ1n) is 2.48. The zero-order valence-corrected chi connectivity index (χ0v) is 6.70. The highest BCUT2D eigenvalue weighted by molar-refractivity contribution is 7.17. The Morgan fingerprint density at radius 2 is 2.60 bits per heavy atom. The smallest absolute Gasteiger partial charge is 0.308 e. The van der Waals surface area contributed by atoms with Gasteiger partial charge in [0, 0.05) is 6.92 Å². The molecule has 0 spiro atoms. The van der Waals surface area contributed by atoms with Crippen molar-refractivity contribution in [3.05, 3.63) is 10.7 Å². The van der Waals surface area contributed by atoms with Crippen molar-refractivity contribution in [2.75, 3.05) is 0 Å². The minimum absolute atomic E-state index is 0.361. The quantitative estimate of drug-likeness (QED) is 0.614. The molecule has 0 bridgehead atoms. The molecule has 0 atom stereocenters. The largest absolute Gasteiger partial charge is 0.414 e. The molecule has 0 radical (unpaired) electrons. The molecule has 0 aromatic carbocycles. The Kier molecular flexibility index (Phi) is 2.24. The Hall–Kier alpha value is -0.610. The summed E-state index contributed by atoms with van der Waals surface area (Å²) in [6.45, 7) is 1.33. The Bertz CT molecular complexity index is 248. The average molecular weight is 178 g/mol. The fourth-order valence-electron chi connectivity index (χ4n) is 0.428. The topological polar surface area (TPSA) is 39.2 Å². The van der Waals surface area contributed by atoms with Gasteiger partial charge in [-0.1, -0.05) is 22.9 Å². The Morgan fingerprint density at radius 1 is 1.90 bits per heavy atom. The van der Waals surface area contributed by atoms with Crippen LogP contribution in [-0.4, -0.2) is 11.0 Å². The van der Waals surface area contributed by atoms with Gasteiger partial charge in [-0.25, -0.2) is 4.98 Å². The van der Waals surface area contributed by atoms with Crippen LogP contribution >= 0.6 is 22.9 Å². The minimum Gasteiger partial charge on any atom is -0.414 e. The Balaban J connectivity index is 2.67. The third-order valence-corrected chi connectivity index (χ3v) is 1.69. The molecule has 54 valence electrons. The van der Waals surface area contributed by atoms with Crippen LogP contribution in [0.5, 0.6) is 5.06 Å². The number of nitrogens with zero attached hydrogens (tertiary/aromatic N) is 1. The highest BCUT2D eigenvalue weighted by atomic mass is 35.5. The van der Waals surface area contributed by atoms with Crippen molar-refractivity contribution in [1.82, 2.24) is 4.98 Å². The minimum atomic E-state index is -0.361. The number of hydrogen-bond donors (Lipinski definition) is 0. The van der Waals surface area contributed by atoms with Crippen LogP contribution in [0.4, 0.5) is 0 Å². The van der Waals surface area contributed by atoms with Crippen LogP contribution in [0.1, 0.15) is 6.92 Å². The summed E-state index contributed by atoms with van der Waals surface area (Å²) in [5.74, 6) is -0.361. The van der Waals surface area contributed by atoms with E-state index in [9.17, 15) is 4.79 Å². The molecule has 0 unspecified atom stereocenters. The summed E-state index contributed by atoms with van der Waals surface area (Å²) in [5, 5.41) is 0.428. The molecule has 0 amide bonds. The monoisotopic (exact) mass is 177 g/mol. The van der Waals surface area contributed by atoms with Gasteiger partial charge in [-0.15, -0.1) is 0 Å². The number of halogens is 1. The molecule has 0 aliphatic carbocycles. The first-order valence-corrected chi connectivity index (χ1v) is 3.67. The van der Waals surface area contributed by atoms with Gasteiger partial charge < -0.3 is 4.74 Å². The molecular formula is C5H4ClNO2S. The van der Waals surface area contributed by atoms with Gasteiger partial charge in [0.1, 0.15) is 0 Å². The van der Waals surface area contributed by atoms with Gasteiger partial charge in [-0.05, 0) is 0 Å². The van der Waals surface area contributed by atoms with Gasteiger partial charge in [0.15, 0.2) is 4.47 Å². The molecule has 0 fully saturated rings. The van der Waals surface area contributed by atoms with Gasteiger partial charge >= 0.3 is 5.97 Å². The van der Waals surface area contributed by atoms with Crippen LogP contribution in [-0.2, 0) is 4.79 Å². The molecule has 0 saturated carbocycles. The number of esters is 1. The first kappa shape index (κ1) is 7.50. The number of rotatable bonds is 1. The summed E-state index contributed by atoms with van der Waals surface area (Å²) in [5.41, 5.74) is 0. The molecule has 3 nitrogen and oxygen atoms in total. The summed E-state index contributed by atoms with van der Waals surface area (Å²) in [6, 6.07) is 0. The van der Waals surface area contributed by atoms with Gasteiger partial charge in [0.25, 0.3) is 0 Å². The van der Waals surface area contributed by atoms with Crippen molar-refractivity contribution < 1.29 is 9.53 Å². The molecule has 0 N–H and O–H groups in total.